The molecule has 0 fully saturated rings. The van der Waals surface area contributed by atoms with Crippen molar-refractivity contribution in [1.82, 2.24) is 0 Å². The van der Waals surface area contributed by atoms with Gasteiger partial charge in [-0.3, -0.25) is 0 Å². The van der Waals surface area contributed by atoms with Crippen molar-refractivity contribution >= 4 is 13.2 Å². The summed E-state index contributed by atoms with van der Waals surface area (Å²) in [6.07, 6.45) is 0. The van der Waals surface area contributed by atoms with Gasteiger partial charge in [0.25, 0.3) is 0 Å². The zero-order valence-corrected chi connectivity index (χ0v) is 15.6. The smallest absolute Gasteiger partial charge is 0.119 e. The van der Waals surface area contributed by atoms with Crippen LogP contribution in [-0.4, -0.2) is 16.9 Å². The summed E-state index contributed by atoms with van der Waals surface area (Å²) in [5, 5.41) is 2.05. The molecule has 1 aromatic rings. The van der Waals surface area contributed by atoms with Crippen LogP contribution in [0.2, 0.25) is 0 Å². The number of rotatable bonds is 3. The fourth-order valence-corrected chi connectivity index (χ4v) is 6.71. The Bertz CT molecular complexity index is 376. The van der Waals surface area contributed by atoms with Gasteiger partial charge in [-0.1, -0.05) is 61.6 Å². The van der Waals surface area contributed by atoms with E-state index in [1.165, 1.54) is 5.30 Å². The topological polar surface area (TPSA) is 9.23 Å². The SMILES string of the molecule is CCOc1cccc(P(C(C)(C)C)C(C)(C)C)c1.[Pd]. The maximum Gasteiger partial charge on any atom is 0.119 e. The van der Waals surface area contributed by atoms with E-state index in [0.29, 0.717) is 10.3 Å². The van der Waals surface area contributed by atoms with Crippen molar-refractivity contribution in [1.29, 1.82) is 0 Å². The van der Waals surface area contributed by atoms with Crippen LogP contribution >= 0.6 is 7.92 Å². The maximum atomic E-state index is 5.63. The van der Waals surface area contributed by atoms with E-state index in [9.17, 15) is 0 Å². The van der Waals surface area contributed by atoms with E-state index in [1.807, 2.05) is 13.0 Å². The molecular weight excluding hydrogens is 346 g/mol. The normalized spacial score (nSPS) is 12.2. The molecule has 0 aromatic heterocycles. The van der Waals surface area contributed by atoms with Crippen molar-refractivity contribution in [2.45, 2.75) is 58.8 Å². The number of hydrogen-bond donors (Lipinski definition) is 0. The third-order valence-corrected chi connectivity index (χ3v) is 6.21. The first kappa shape index (κ1) is 19.1. The van der Waals surface area contributed by atoms with Gasteiger partial charge in [0.2, 0.25) is 0 Å². The second kappa shape index (κ2) is 7.22. The first-order chi connectivity index (χ1) is 8.16. The molecule has 19 heavy (non-hydrogen) atoms. The van der Waals surface area contributed by atoms with Gasteiger partial charge in [-0.05, 0) is 34.7 Å². The number of hydrogen-bond acceptors (Lipinski definition) is 1. The molecule has 0 atom stereocenters. The standard InChI is InChI=1S/C16H27OP.Pd/c1-8-17-13-10-9-11-14(12-13)18(15(2,3)4)16(5,6)7;/h9-12H,8H2,1-7H3;. The predicted molar refractivity (Wildman–Crippen MR) is 83.7 cm³/mol. The van der Waals surface area contributed by atoms with Crippen LogP contribution in [0, 0.1) is 0 Å². The van der Waals surface area contributed by atoms with Crippen LogP contribution in [0.3, 0.4) is 0 Å². The van der Waals surface area contributed by atoms with Crippen molar-refractivity contribution < 1.29 is 25.2 Å². The van der Waals surface area contributed by atoms with E-state index >= 15 is 0 Å². The van der Waals surface area contributed by atoms with Gasteiger partial charge in [0.1, 0.15) is 5.75 Å². The fraction of sp³-hybridized carbons (Fsp3) is 0.625. The molecule has 0 saturated carbocycles. The summed E-state index contributed by atoms with van der Waals surface area (Å²) in [7, 11) is -0.245. The zero-order chi connectivity index (χ0) is 14.0. The second-order valence-corrected chi connectivity index (χ2v) is 10.5. The first-order valence-electron chi connectivity index (χ1n) is 6.69. The van der Waals surface area contributed by atoms with Crippen LogP contribution in [0.5, 0.6) is 5.75 Å². The Morgan fingerprint density at radius 1 is 1.00 bits per heavy atom. The third kappa shape index (κ3) is 5.55. The van der Waals surface area contributed by atoms with E-state index in [-0.39, 0.29) is 28.3 Å². The van der Waals surface area contributed by atoms with Crippen LogP contribution in [0.15, 0.2) is 24.3 Å². The molecule has 112 valence electrons. The molecule has 1 rings (SSSR count). The molecule has 0 spiro atoms. The minimum Gasteiger partial charge on any atom is -0.494 e. The Morgan fingerprint density at radius 2 is 1.53 bits per heavy atom. The fourth-order valence-electron chi connectivity index (χ4n) is 2.66. The quantitative estimate of drug-likeness (QED) is 0.547. The van der Waals surface area contributed by atoms with Gasteiger partial charge in [-0.15, -0.1) is 0 Å². The largest absolute Gasteiger partial charge is 0.494 e. The summed E-state index contributed by atoms with van der Waals surface area (Å²) in [5.41, 5.74) is 0. The van der Waals surface area contributed by atoms with Gasteiger partial charge in [0, 0.05) is 20.4 Å². The summed E-state index contributed by atoms with van der Waals surface area (Å²) in [4.78, 5) is 0. The molecule has 0 amide bonds. The molecule has 0 heterocycles. The van der Waals surface area contributed by atoms with Gasteiger partial charge >= 0.3 is 0 Å². The minimum absolute atomic E-state index is 0. The molecule has 3 heteroatoms. The molecule has 1 nitrogen and oxygen atoms in total. The summed E-state index contributed by atoms with van der Waals surface area (Å²) in [6, 6.07) is 8.65. The van der Waals surface area contributed by atoms with Gasteiger partial charge in [0.15, 0.2) is 0 Å². The maximum absolute atomic E-state index is 5.63. The van der Waals surface area contributed by atoms with E-state index in [2.05, 4.69) is 59.7 Å². The minimum atomic E-state index is -0.245. The Balaban J connectivity index is 0.00000324. The van der Waals surface area contributed by atoms with Crippen LogP contribution in [0.25, 0.3) is 0 Å². The summed E-state index contributed by atoms with van der Waals surface area (Å²) in [6.45, 7) is 16.8. The van der Waals surface area contributed by atoms with Crippen molar-refractivity contribution in [3.63, 3.8) is 0 Å². The zero-order valence-electron chi connectivity index (χ0n) is 13.2. The van der Waals surface area contributed by atoms with Crippen LogP contribution < -0.4 is 10.0 Å². The molecule has 0 aliphatic rings. The summed E-state index contributed by atoms with van der Waals surface area (Å²) >= 11 is 0. The van der Waals surface area contributed by atoms with Gasteiger partial charge in [-0.25, -0.2) is 0 Å². The predicted octanol–water partition coefficient (Wildman–Crippen LogP) is 4.79. The van der Waals surface area contributed by atoms with E-state index < -0.39 is 0 Å². The molecule has 1 aromatic carbocycles. The van der Waals surface area contributed by atoms with Gasteiger partial charge in [0.05, 0.1) is 6.61 Å². The number of benzene rings is 1. The molecule has 0 saturated heterocycles. The van der Waals surface area contributed by atoms with Crippen molar-refractivity contribution in [3.8, 4) is 5.75 Å². The average molecular weight is 373 g/mol. The van der Waals surface area contributed by atoms with Crippen LogP contribution in [0.4, 0.5) is 0 Å². The molecule has 0 aliphatic heterocycles. The molecule has 0 bridgehead atoms. The van der Waals surface area contributed by atoms with Gasteiger partial charge < -0.3 is 4.74 Å². The molecular formula is C16H27OPPd. The third-order valence-electron chi connectivity index (χ3n) is 2.73. The Morgan fingerprint density at radius 3 is 1.95 bits per heavy atom. The van der Waals surface area contributed by atoms with Crippen molar-refractivity contribution in [3.05, 3.63) is 24.3 Å². The number of ether oxygens (including phenoxy) is 1. The van der Waals surface area contributed by atoms with Crippen molar-refractivity contribution in [2.75, 3.05) is 6.61 Å². The monoisotopic (exact) mass is 372 g/mol. The first-order valence-corrected chi connectivity index (χ1v) is 8.03. The Kier molecular flexibility index (Phi) is 7.26. The Labute approximate surface area is 133 Å². The summed E-state index contributed by atoms with van der Waals surface area (Å²) < 4.78 is 5.63. The van der Waals surface area contributed by atoms with Crippen molar-refractivity contribution in [2.24, 2.45) is 0 Å². The summed E-state index contributed by atoms with van der Waals surface area (Å²) in [5.74, 6) is 0.996. The average Bonchev–Trinajstić information content (AvgIpc) is 2.13. The molecule has 0 radical (unpaired) electrons. The molecule has 0 N–H and O–H groups in total. The second-order valence-electron chi connectivity index (χ2n) is 6.61. The van der Waals surface area contributed by atoms with Crippen LogP contribution in [0.1, 0.15) is 48.5 Å². The Hall–Kier alpha value is 0.112. The van der Waals surface area contributed by atoms with E-state index in [4.69, 9.17) is 4.74 Å². The van der Waals surface area contributed by atoms with Crippen LogP contribution in [-0.2, 0) is 20.4 Å². The molecule has 0 aliphatic carbocycles. The van der Waals surface area contributed by atoms with E-state index in [1.54, 1.807) is 0 Å². The van der Waals surface area contributed by atoms with Gasteiger partial charge in [-0.2, -0.15) is 0 Å². The molecule has 0 unspecified atom stereocenters. The van der Waals surface area contributed by atoms with E-state index in [0.717, 1.165) is 12.4 Å².